The van der Waals surface area contributed by atoms with Gasteiger partial charge in [0.2, 0.25) is 0 Å². The van der Waals surface area contributed by atoms with Gasteiger partial charge in [0.15, 0.2) is 0 Å². The number of unbranched alkanes of at least 4 members (excludes halogenated alkanes) is 3. The van der Waals surface area contributed by atoms with Crippen molar-refractivity contribution in [2.24, 2.45) is 4.99 Å². The average Bonchev–Trinajstić information content (AvgIpc) is 3.45. The Morgan fingerprint density at radius 2 is 1.75 bits per heavy atom. The summed E-state index contributed by atoms with van der Waals surface area (Å²) in [5, 5.41) is 4.24. The van der Waals surface area contributed by atoms with Crippen LogP contribution in [0.25, 0.3) is 17.2 Å². The summed E-state index contributed by atoms with van der Waals surface area (Å²) in [5.74, 6) is 1.13. The molecule has 0 saturated carbocycles. The lowest BCUT2D eigenvalue weighted by Crippen LogP contribution is -2.36. The molecule has 0 amide bonds. The van der Waals surface area contributed by atoms with E-state index < -0.39 is 0 Å². The Morgan fingerprint density at radius 1 is 0.889 bits per heavy atom. The van der Waals surface area contributed by atoms with E-state index in [4.69, 9.17) is 4.99 Å². The van der Waals surface area contributed by atoms with Crippen molar-refractivity contribution in [3.05, 3.63) is 98.0 Å². The Hall–Kier alpha value is -2.58. The largest absolute Gasteiger partial charge is 0.277 e. The molecule has 2 aromatic carbocycles. The highest BCUT2D eigenvalue weighted by Crippen LogP contribution is 2.42. The molecular formula is C34H37NS. The number of hydrogen-bond acceptors (Lipinski definition) is 2. The van der Waals surface area contributed by atoms with Crippen molar-refractivity contribution in [2.75, 3.05) is 12.3 Å². The first-order chi connectivity index (χ1) is 17.7. The summed E-state index contributed by atoms with van der Waals surface area (Å²) < 4.78 is 0. The molecule has 0 radical (unpaired) electrons. The van der Waals surface area contributed by atoms with Crippen LogP contribution in [0.2, 0.25) is 0 Å². The predicted molar refractivity (Wildman–Crippen MR) is 158 cm³/mol. The second-order valence-corrected chi connectivity index (χ2v) is 11.8. The van der Waals surface area contributed by atoms with Gasteiger partial charge in [-0.25, -0.2) is 0 Å². The lowest BCUT2D eigenvalue weighted by Gasteiger charge is -2.30. The molecule has 1 nitrogen and oxygen atoms in total. The van der Waals surface area contributed by atoms with E-state index >= 15 is 0 Å². The first-order valence-corrected chi connectivity index (χ1v) is 14.9. The summed E-state index contributed by atoms with van der Waals surface area (Å²) in [7, 11) is 0. The maximum atomic E-state index is 4.90. The summed E-state index contributed by atoms with van der Waals surface area (Å²) in [6.07, 6.45) is 18.3. The van der Waals surface area contributed by atoms with E-state index in [1.54, 1.807) is 22.3 Å². The van der Waals surface area contributed by atoms with Gasteiger partial charge in [-0.2, -0.15) is 0 Å². The molecule has 0 bridgehead atoms. The van der Waals surface area contributed by atoms with E-state index in [0.29, 0.717) is 0 Å². The van der Waals surface area contributed by atoms with Crippen molar-refractivity contribution in [2.45, 2.75) is 71.6 Å². The molecule has 36 heavy (non-hydrogen) atoms. The van der Waals surface area contributed by atoms with Crippen LogP contribution < -0.4 is 10.4 Å². The summed E-state index contributed by atoms with van der Waals surface area (Å²) >= 11 is 1.95. The standard InChI is InChI=1S/C34H37NS/c1-3-4-5-6-7-24-20-32-30-15-13-27-22-26(25-10-8-23(2)9-11-25)12-14-28(27)29(30)16-17-31(32)33(21-24)34-35-18-19-36-34/h8-12,17,20-22H,3-7,13-16,18-19H2,1-2H3. The third-order valence-electron chi connectivity index (χ3n) is 8.21. The summed E-state index contributed by atoms with van der Waals surface area (Å²) in [6, 6.07) is 14.0. The first-order valence-electron chi connectivity index (χ1n) is 14.0. The fraction of sp³-hybridized carbons (Fsp3) is 0.382. The van der Waals surface area contributed by atoms with Crippen LogP contribution in [0.5, 0.6) is 0 Å². The zero-order chi connectivity index (χ0) is 24.5. The second kappa shape index (κ2) is 10.4. The minimum absolute atomic E-state index is 0.963. The highest BCUT2D eigenvalue weighted by Gasteiger charge is 2.26. The number of nitrogens with zero attached hydrogens (tertiary/aromatic N) is 1. The second-order valence-electron chi connectivity index (χ2n) is 10.7. The van der Waals surface area contributed by atoms with E-state index in [9.17, 15) is 0 Å². The van der Waals surface area contributed by atoms with Crippen molar-refractivity contribution in [3.8, 4) is 0 Å². The van der Waals surface area contributed by atoms with Gasteiger partial charge in [-0.05, 0) is 101 Å². The van der Waals surface area contributed by atoms with Gasteiger partial charge in [0, 0.05) is 17.9 Å². The van der Waals surface area contributed by atoms with Gasteiger partial charge in [0.25, 0.3) is 0 Å². The van der Waals surface area contributed by atoms with Crippen LogP contribution in [-0.2, 0) is 6.42 Å². The molecule has 0 unspecified atom stereocenters. The van der Waals surface area contributed by atoms with Crippen molar-refractivity contribution in [1.82, 2.24) is 0 Å². The Labute approximate surface area is 220 Å². The lowest BCUT2D eigenvalue weighted by atomic mass is 9.75. The minimum Gasteiger partial charge on any atom is -0.277 e. The summed E-state index contributed by atoms with van der Waals surface area (Å²) in [5.41, 5.74) is 13.4. The molecule has 0 N–H and O–H groups in total. The molecule has 184 valence electrons. The third kappa shape index (κ3) is 4.61. The number of fused-ring (bicyclic) bond motifs is 3. The first kappa shape index (κ1) is 23.8. The van der Waals surface area contributed by atoms with Gasteiger partial charge in [-0.15, -0.1) is 11.8 Å². The maximum Gasteiger partial charge on any atom is 0.0984 e. The molecule has 4 aliphatic rings. The van der Waals surface area contributed by atoms with Crippen molar-refractivity contribution in [1.29, 1.82) is 0 Å². The topological polar surface area (TPSA) is 12.4 Å². The molecule has 2 aromatic rings. The molecule has 1 aliphatic heterocycles. The van der Waals surface area contributed by atoms with Crippen molar-refractivity contribution in [3.63, 3.8) is 0 Å². The molecule has 0 atom stereocenters. The molecule has 1 heterocycles. The zero-order valence-electron chi connectivity index (χ0n) is 21.8. The molecule has 0 saturated heterocycles. The fourth-order valence-corrected chi connectivity index (χ4v) is 7.15. The van der Waals surface area contributed by atoms with E-state index in [1.807, 2.05) is 11.8 Å². The molecule has 0 spiro atoms. The van der Waals surface area contributed by atoms with Gasteiger partial charge < -0.3 is 0 Å². The van der Waals surface area contributed by atoms with Gasteiger partial charge in [-0.3, -0.25) is 4.99 Å². The zero-order valence-corrected chi connectivity index (χ0v) is 22.6. The molecule has 2 heteroatoms. The number of rotatable bonds is 7. The molecule has 0 fully saturated rings. The average molecular weight is 492 g/mol. The molecule has 0 aromatic heterocycles. The SMILES string of the molecule is CCCCCCc1cc(C2=NCCS2)c2c(c1)=C1CCC3=CC(c4ccc(C)cc4)=CCC3=C1CC=2. The third-order valence-corrected chi connectivity index (χ3v) is 9.22. The van der Waals surface area contributed by atoms with Crippen LogP contribution in [-0.4, -0.2) is 17.3 Å². The van der Waals surface area contributed by atoms with E-state index in [1.165, 1.54) is 75.4 Å². The van der Waals surface area contributed by atoms with Crippen LogP contribution in [0.1, 0.15) is 80.5 Å². The summed E-state index contributed by atoms with van der Waals surface area (Å²) in [4.78, 5) is 4.90. The van der Waals surface area contributed by atoms with Gasteiger partial charge in [0.1, 0.15) is 0 Å². The monoisotopic (exact) mass is 491 g/mol. The fourth-order valence-electron chi connectivity index (χ4n) is 6.26. The smallest absolute Gasteiger partial charge is 0.0984 e. The number of thioether (sulfide) groups is 1. The molecular weight excluding hydrogens is 454 g/mol. The Balaban J connectivity index is 1.41. The Bertz CT molecular complexity index is 1430. The van der Waals surface area contributed by atoms with Crippen LogP contribution in [0.3, 0.4) is 0 Å². The number of allylic oxidation sites excluding steroid dienone is 6. The Morgan fingerprint density at radius 3 is 2.56 bits per heavy atom. The van der Waals surface area contributed by atoms with Crippen LogP contribution >= 0.6 is 11.8 Å². The van der Waals surface area contributed by atoms with E-state index in [0.717, 1.165) is 38.0 Å². The molecule has 6 rings (SSSR count). The highest BCUT2D eigenvalue weighted by atomic mass is 32.2. The summed E-state index contributed by atoms with van der Waals surface area (Å²) in [6.45, 7) is 5.42. The predicted octanol–water partition coefficient (Wildman–Crippen LogP) is 7.45. The van der Waals surface area contributed by atoms with Gasteiger partial charge >= 0.3 is 0 Å². The normalized spacial score (nSPS) is 18.6. The van der Waals surface area contributed by atoms with Crippen LogP contribution in [0.15, 0.2) is 70.3 Å². The highest BCUT2D eigenvalue weighted by molar-refractivity contribution is 8.14. The number of hydrogen-bond donors (Lipinski definition) is 0. The van der Waals surface area contributed by atoms with Crippen LogP contribution in [0.4, 0.5) is 0 Å². The number of aliphatic imine (C=N–C) groups is 1. The number of aryl methyl sites for hydroxylation is 2. The van der Waals surface area contributed by atoms with E-state index in [-0.39, 0.29) is 0 Å². The van der Waals surface area contributed by atoms with Gasteiger partial charge in [-0.1, -0.05) is 80.3 Å². The van der Waals surface area contributed by atoms with E-state index in [2.05, 4.69) is 68.5 Å². The van der Waals surface area contributed by atoms with Gasteiger partial charge in [0.05, 0.1) is 5.04 Å². The van der Waals surface area contributed by atoms with Crippen LogP contribution in [0, 0.1) is 6.92 Å². The van der Waals surface area contributed by atoms with Crippen molar-refractivity contribution < 1.29 is 0 Å². The molecule has 3 aliphatic carbocycles. The van der Waals surface area contributed by atoms with Crippen molar-refractivity contribution >= 4 is 34.0 Å². The Kier molecular flexibility index (Phi) is 6.89. The number of benzene rings is 2. The quantitative estimate of drug-likeness (QED) is 0.366. The maximum absolute atomic E-state index is 4.90. The lowest BCUT2D eigenvalue weighted by molar-refractivity contribution is 0.666. The minimum atomic E-state index is 0.963.